The van der Waals surface area contributed by atoms with Crippen molar-refractivity contribution in [1.29, 1.82) is 0 Å². The predicted octanol–water partition coefficient (Wildman–Crippen LogP) is 6.46. The topological polar surface area (TPSA) is 52.6 Å². The van der Waals surface area contributed by atoms with E-state index in [2.05, 4.69) is 45.9 Å². The molecule has 0 heterocycles. The van der Waals surface area contributed by atoms with Gasteiger partial charge in [0, 0.05) is 0 Å². The highest BCUT2D eigenvalue weighted by atomic mass is 16.6. The molecule has 2 atom stereocenters. The lowest BCUT2D eigenvalue weighted by molar-refractivity contribution is -0.161. The van der Waals surface area contributed by atoms with Crippen molar-refractivity contribution in [2.24, 2.45) is 22.7 Å². The predicted molar refractivity (Wildman–Crippen MR) is 126 cm³/mol. The zero-order valence-electron chi connectivity index (χ0n) is 20.2. The van der Waals surface area contributed by atoms with Crippen molar-refractivity contribution in [3.8, 4) is 0 Å². The Balaban J connectivity index is 1.87. The van der Waals surface area contributed by atoms with Gasteiger partial charge in [-0.25, -0.2) is 4.79 Å². The SMILES string of the molecule is CC1CC=CC=C1c1ccc(C(=O)OCCOC(=O)C(C)(CC(C)(C)C)C(C)C)cc1. The van der Waals surface area contributed by atoms with Crippen molar-refractivity contribution in [1.82, 2.24) is 0 Å². The van der Waals surface area contributed by atoms with Crippen LogP contribution in [0.5, 0.6) is 0 Å². The number of hydrogen-bond donors (Lipinski definition) is 0. The van der Waals surface area contributed by atoms with Gasteiger partial charge in [-0.05, 0) is 60.3 Å². The quantitative estimate of drug-likeness (QED) is 0.353. The third kappa shape index (κ3) is 6.81. The number of carbonyl (C=O) groups excluding carboxylic acids is 2. The second-order valence-electron chi connectivity index (χ2n) is 10.3. The van der Waals surface area contributed by atoms with Crippen LogP contribution in [0.4, 0.5) is 0 Å². The lowest BCUT2D eigenvalue weighted by Gasteiger charge is -2.36. The maximum atomic E-state index is 12.7. The van der Waals surface area contributed by atoms with Crippen LogP contribution in [0.3, 0.4) is 0 Å². The number of allylic oxidation sites excluding steroid dienone is 4. The molecule has 2 unspecified atom stereocenters. The van der Waals surface area contributed by atoms with Gasteiger partial charge in [-0.1, -0.05) is 71.9 Å². The van der Waals surface area contributed by atoms with E-state index in [0.29, 0.717) is 11.5 Å². The first kappa shape index (κ1) is 24.9. The Bertz CT molecular complexity index is 824. The molecule has 0 aliphatic heterocycles. The maximum Gasteiger partial charge on any atom is 0.338 e. The van der Waals surface area contributed by atoms with Gasteiger partial charge in [0.2, 0.25) is 0 Å². The molecule has 0 bridgehead atoms. The summed E-state index contributed by atoms with van der Waals surface area (Å²) in [4.78, 5) is 25.1. The number of hydrogen-bond acceptors (Lipinski definition) is 4. The molecule has 0 spiro atoms. The van der Waals surface area contributed by atoms with Crippen LogP contribution in [0.15, 0.2) is 42.5 Å². The van der Waals surface area contributed by atoms with Crippen LogP contribution in [0.25, 0.3) is 5.57 Å². The monoisotopic (exact) mass is 426 g/mol. The van der Waals surface area contributed by atoms with Gasteiger partial charge in [-0.3, -0.25) is 4.79 Å². The Kier molecular flexibility index (Phi) is 8.27. The molecule has 4 heteroatoms. The number of esters is 2. The summed E-state index contributed by atoms with van der Waals surface area (Å²) in [6, 6.07) is 7.49. The van der Waals surface area contributed by atoms with Crippen LogP contribution in [0, 0.1) is 22.7 Å². The maximum absolute atomic E-state index is 12.7. The number of benzene rings is 1. The summed E-state index contributed by atoms with van der Waals surface area (Å²) in [6.45, 7) is 14.7. The first-order chi connectivity index (χ1) is 14.4. The third-order valence-corrected chi connectivity index (χ3v) is 6.07. The second kappa shape index (κ2) is 10.3. The summed E-state index contributed by atoms with van der Waals surface area (Å²) < 4.78 is 10.8. The first-order valence-corrected chi connectivity index (χ1v) is 11.3. The molecule has 1 aliphatic rings. The molecule has 0 saturated heterocycles. The minimum absolute atomic E-state index is 0.0123. The zero-order valence-corrected chi connectivity index (χ0v) is 20.2. The van der Waals surface area contributed by atoms with E-state index in [-0.39, 0.29) is 30.5 Å². The van der Waals surface area contributed by atoms with Crippen molar-refractivity contribution in [2.45, 2.75) is 61.3 Å². The minimum atomic E-state index is -0.571. The van der Waals surface area contributed by atoms with E-state index in [1.807, 2.05) is 32.9 Å². The van der Waals surface area contributed by atoms with Gasteiger partial charge in [0.05, 0.1) is 11.0 Å². The fraction of sp³-hybridized carbons (Fsp3) is 0.556. The lowest BCUT2D eigenvalue weighted by atomic mass is 9.69. The zero-order chi connectivity index (χ0) is 23.2. The van der Waals surface area contributed by atoms with E-state index < -0.39 is 11.4 Å². The Morgan fingerprint density at radius 2 is 1.65 bits per heavy atom. The molecule has 0 N–H and O–H groups in total. The third-order valence-electron chi connectivity index (χ3n) is 6.07. The standard InChI is InChI=1S/C27H38O4/c1-19(2)27(7,18-26(4,5)6)25(29)31-17-16-30-24(28)22-14-12-21(13-15-22)23-11-9-8-10-20(23)3/h8-9,11-15,19-20H,10,16-18H2,1-7H3. The fourth-order valence-corrected chi connectivity index (χ4v) is 4.06. The number of rotatable bonds is 8. The minimum Gasteiger partial charge on any atom is -0.462 e. The van der Waals surface area contributed by atoms with E-state index >= 15 is 0 Å². The van der Waals surface area contributed by atoms with E-state index in [1.54, 1.807) is 12.1 Å². The van der Waals surface area contributed by atoms with Gasteiger partial charge in [-0.15, -0.1) is 0 Å². The average Bonchev–Trinajstić information content (AvgIpc) is 2.70. The van der Waals surface area contributed by atoms with Gasteiger partial charge in [0.15, 0.2) is 0 Å². The van der Waals surface area contributed by atoms with Crippen LogP contribution in [0.1, 0.15) is 77.2 Å². The highest BCUT2D eigenvalue weighted by Gasteiger charge is 2.41. The van der Waals surface area contributed by atoms with E-state index in [4.69, 9.17) is 9.47 Å². The Morgan fingerprint density at radius 3 is 2.19 bits per heavy atom. The summed E-state index contributed by atoms with van der Waals surface area (Å²) in [5.74, 6) is -0.0266. The first-order valence-electron chi connectivity index (χ1n) is 11.3. The van der Waals surface area contributed by atoms with Crippen molar-refractivity contribution in [2.75, 3.05) is 13.2 Å². The molecule has 1 aromatic rings. The molecule has 0 radical (unpaired) electrons. The molecule has 0 fully saturated rings. The fourth-order valence-electron chi connectivity index (χ4n) is 4.06. The molecule has 0 aromatic heterocycles. The molecule has 1 aromatic carbocycles. The largest absolute Gasteiger partial charge is 0.462 e. The van der Waals surface area contributed by atoms with Crippen LogP contribution >= 0.6 is 0 Å². The molecule has 170 valence electrons. The smallest absolute Gasteiger partial charge is 0.338 e. The van der Waals surface area contributed by atoms with Gasteiger partial charge in [0.1, 0.15) is 13.2 Å². The molecular weight excluding hydrogens is 388 g/mol. The van der Waals surface area contributed by atoms with Gasteiger partial charge in [-0.2, -0.15) is 0 Å². The summed E-state index contributed by atoms with van der Waals surface area (Å²) in [6.07, 6.45) is 8.12. The van der Waals surface area contributed by atoms with Gasteiger partial charge >= 0.3 is 11.9 Å². The molecular formula is C27H38O4. The Hall–Kier alpha value is -2.36. The number of ether oxygens (including phenoxy) is 2. The van der Waals surface area contributed by atoms with Crippen LogP contribution < -0.4 is 0 Å². The summed E-state index contributed by atoms with van der Waals surface area (Å²) in [5, 5.41) is 0. The lowest BCUT2D eigenvalue weighted by Crippen LogP contribution is -2.39. The molecule has 1 aliphatic carbocycles. The Labute approximate surface area is 187 Å². The van der Waals surface area contributed by atoms with Crippen molar-refractivity contribution in [3.05, 3.63) is 53.6 Å². The molecule has 4 nitrogen and oxygen atoms in total. The number of carbonyl (C=O) groups is 2. The van der Waals surface area contributed by atoms with E-state index in [9.17, 15) is 9.59 Å². The summed E-state index contributed by atoms with van der Waals surface area (Å²) >= 11 is 0. The molecule has 2 rings (SSSR count). The Morgan fingerprint density at radius 1 is 1.03 bits per heavy atom. The molecule has 0 amide bonds. The van der Waals surface area contributed by atoms with Gasteiger partial charge in [0.25, 0.3) is 0 Å². The normalized spacial score (nSPS) is 18.3. The van der Waals surface area contributed by atoms with Crippen molar-refractivity contribution >= 4 is 17.5 Å². The summed E-state index contributed by atoms with van der Waals surface area (Å²) in [7, 11) is 0. The van der Waals surface area contributed by atoms with Crippen LogP contribution in [0.2, 0.25) is 0 Å². The van der Waals surface area contributed by atoms with E-state index in [1.165, 1.54) is 5.57 Å². The van der Waals surface area contributed by atoms with Crippen molar-refractivity contribution in [3.63, 3.8) is 0 Å². The molecule has 31 heavy (non-hydrogen) atoms. The highest BCUT2D eigenvalue weighted by Crippen LogP contribution is 2.40. The van der Waals surface area contributed by atoms with Crippen molar-refractivity contribution < 1.29 is 19.1 Å². The van der Waals surface area contributed by atoms with Crippen LogP contribution in [-0.4, -0.2) is 25.2 Å². The molecule has 0 saturated carbocycles. The van der Waals surface area contributed by atoms with E-state index in [0.717, 1.165) is 18.4 Å². The highest BCUT2D eigenvalue weighted by molar-refractivity contribution is 5.90. The van der Waals surface area contributed by atoms with Gasteiger partial charge < -0.3 is 9.47 Å². The average molecular weight is 427 g/mol. The second-order valence-corrected chi connectivity index (χ2v) is 10.3. The van der Waals surface area contributed by atoms with Crippen LogP contribution in [-0.2, 0) is 14.3 Å². The summed E-state index contributed by atoms with van der Waals surface area (Å²) in [5.41, 5.74) is 2.33.